The lowest BCUT2D eigenvalue weighted by molar-refractivity contribution is 1.10. The Balaban J connectivity index is 1.24. The van der Waals surface area contributed by atoms with Crippen LogP contribution < -0.4 is 4.90 Å². The molecule has 0 amide bonds. The number of benzene rings is 8. The summed E-state index contributed by atoms with van der Waals surface area (Å²) < 4.78 is 4.87. The quantitative estimate of drug-likeness (QED) is 0.159. The molecule has 0 saturated carbocycles. The van der Waals surface area contributed by atoms with Crippen molar-refractivity contribution in [3.63, 3.8) is 0 Å². The molecular weight excluding hydrogens is 691 g/mol. The zero-order valence-corrected chi connectivity index (χ0v) is 31.9. The van der Waals surface area contributed by atoms with Gasteiger partial charge in [0.2, 0.25) is 0 Å². The minimum absolute atomic E-state index is 1.10. The van der Waals surface area contributed by atoms with Gasteiger partial charge in [-0.2, -0.15) is 0 Å². The summed E-state index contributed by atoms with van der Waals surface area (Å²) in [7, 11) is 0. The molecule has 0 bridgehead atoms. The van der Waals surface area contributed by atoms with E-state index in [1.807, 2.05) is 0 Å². The smallest absolute Gasteiger partial charge is 0.0621 e. The molecule has 3 nitrogen and oxygen atoms in total. The van der Waals surface area contributed by atoms with Crippen LogP contribution in [0.3, 0.4) is 0 Å². The number of aromatic nitrogens is 2. The molecule has 11 aromatic rings. The van der Waals surface area contributed by atoms with Crippen LogP contribution in [-0.4, -0.2) is 8.97 Å². The third-order valence-electron chi connectivity index (χ3n) is 11.7. The van der Waals surface area contributed by atoms with Crippen LogP contribution in [0.25, 0.3) is 83.0 Å². The van der Waals surface area contributed by atoms with Crippen LogP contribution in [0.15, 0.2) is 194 Å². The highest BCUT2D eigenvalue weighted by atomic mass is 15.1. The largest absolute Gasteiger partial charge is 0.310 e. The lowest BCUT2D eigenvalue weighted by atomic mass is 9.97. The topological polar surface area (TPSA) is 12.6 Å². The van der Waals surface area contributed by atoms with Crippen LogP contribution >= 0.6 is 0 Å². The average Bonchev–Trinajstić information content (AvgIpc) is 3.90. The highest BCUT2D eigenvalue weighted by molar-refractivity contribution is 6.26. The highest BCUT2D eigenvalue weighted by Crippen LogP contribution is 2.48. The van der Waals surface area contributed by atoms with Gasteiger partial charge in [-0.15, -0.1) is 0 Å². The molecule has 8 aromatic carbocycles. The van der Waals surface area contributed by atoms with E-state index >= 15 is 0 Å². The fraction of sp³-hybridized carbons (Fsp3) is 0.0370. The number of rotatable bonds is 7. The zero-order chi connectivity index (χ0) is 38.0. The second-order valence-electron chi connectivity index (χ2n) is 14.9. The normalized spacial score (nSPS) is 12.0. The standard InChI is InChI=1S/C54H39N3/c1-3-17-48-36(2)47-35-42(30-31-50(47)56(48)41-22-11-6-12-23-41)55(43-33-39(37-18-7-4-8-19-37)32-40(34-43)38-20-9-5-10-21-38)51-28-16-29-52-53(51)46-26-15-25-45-44-24-13-14-27-49(44)57(52)54(45)46/h3-35H,1-2H3/b17-3-. The number of allylic oxidation sites excluding steroid dienone is 1. The SMILES string of the molecule is C/C=C\c1c(C)c2cc(N(c3cc(-c4ccccc4)cc(-c4ccccc4)c3)c3cccc4c3c3cccc5c6ccccc6n4c53)ccc2n1-c1ccccc1. The fourth-order valence-corrected chi connectivity index (χ4v) is 9.22. The van der Waals surface area contributed by atoms with Crippen LogP contribution in [-0.2, 0) is 0 Å². The summed E-state index contributed by atoms with van der Waals surface area (Å²) in [6.07, 6.45) is 4.37. The molecule has 0 aliphatic carbocycles. The maximum absolute atomic E-state index is 2.50. The Kier molecular flexibility index (Phi) is 7.61. The first-order chi connectivity index (χ1) is 28.2. The van der Waals surface area contributed by atoms with Gasteiger partial charge in [0.15, 0.2) is 0 Å². The Morgan fingerprint density at radius 2 is 1.07 bits per heavy atom. The Hall–Kier alpha value is -7.36. The van der Waals surface area contributed by atoms with Crippen LogP contribution in [0.1, 0.15) is 18.2 Å². The number of aryl methyl sites for hydroxylation is 1. The summed E-state index contributed by atoms with van der Waals surface area (Å²) in [6, 6.07) is 68.7. The van der Waals surface area contributed by atoms with Crippen molar-refractivity contribution < 1.29 is 0 Å². The Morgan fingerprint density at radius 1 is 0.456 bits per heavy atom. The third-order valence-corrected chi connectivity index (χ3v) is 11.7. The Bertz CT molecular complexity index is 3240. The van der Waals surface area contributed by atoms with Gasteiger partial charge in [0, 0.05) is 49.7 Å². The highest BCUT2D eigenvalue weighted by Gasteiger charge is 2.25. The maximum Gasteiger partial charge on any atom is 0.0621 e. The van der Waals surface area contributed by atoms with E-state index in [-0.39, 0.29) is 0 Å². The van der Waals surface area contributed by atoms with Crippen molar-refractivity contribution in [2.75, 3.05) is 4.90 Å². The van der Waals surface area contributed by atoms with Crippen molar-refractivity contribution >= 4 is 72.1 Å². The summed E-state index contributed by atoms with van der Waals surface area (Å²) in [4.78, 5) is 2.50. The van der Waals surface area contributed by atoms with Gasteiger partial charge in [-0.25, -0.2) is 0 Å². The molecule has 3 aromatic heterocycles. The predicted octanol–water partition coefficient (Wildman–Crippen LogP) is 14.9. The van der Waals surface area contributed by atoms with Crippen molar-refractivity contribution in [3.05, 3.63) is 205 Å². The number of hydrogen-bond acceptors (Lipinski definition) is 1. The minimum atomic E-state index is 1.10. The van der Waals surface area contributed by atoms with Crippen LogP contribution in [0.4, 0.5) is 17.1 Å². The van der Waals surface area contributed by atoms with E-state index in [1.165, 1.54) is 82.5 Å². The molecule has 0 radical (unpaired) electrons. The van der Waals surface area contributed by atoms with Crippen molar-refractivity contribution in [1.29, 1.82) is 0 Å². The summed E-state index contributed by atoms with van der Waals surface area (Å²) in [5.74, 6) is 0. The van der Waals surface area contributed by atoms with Gasteiger partial charge < -0.3 is 13.9 Å². The lowest BCUT2D eigenvalue weighted by Gasteiger charge is -2.28. The molecule has 0 spiro atoms. The van der Waals surface area contributed by atoms with Crippen molar-refractivity contribution in [1.82, 2.24) is 8.97 Å². The Morgan fingerprint density at radius 3 is 1.79 bits per heavy atom. The molecular formula is C54H39N3. The lowest BCUT2D eigenvalue weighted by Crippen LogP contribution is -2.11. The van der Waals surface area contributed by atoms with Gasteiger partial charge in [-0.1, -0.05) is 127 Å². The molecule has 0 aliphatic rings. The molecule has 3 heterocycles. The van der Waals surface area contributed by atoms with Crippen molar-refractivity contribution in [2.24, 2.45) is 0 Å². The first kappa shape index (κ1) is 33.0. The maximum atomic E-state index is 2.50. The third kappa shape index (κ3) is 5.13. The van der Waals surface area contributed by atoms with Crippen molar-refractivity contribution in [2.45, 2.75) is 13.8 Å². The number of para-hydroxylation sites is 3. The number of nitrogens with zero attached hydrogens (tertiary/aromatic N) is 3. The van der Waals surface area contributed by atoms with Gasteiger partial charge in [-0.3, -0.25) is 0 Å². The van der Waals surface area contributed by atoms with E-state index in [0.29, 0.717) is 0 Å². The molecule has 57 heavy (non-hydrogen) atoms. The van der Waals surface area contributed by atoms with E-state index in [1.54, 1.807) is 0 Å². The Labute approximate surface area is 331 Å². The monoisotopic (exact) mass is 729 g/mol. The van der Waals surface area contributed by atoms with Gasteiger partial charge in [-0.05, 0) is 114 Å². The summed E-state index contributed by atoms with van der Waals surface area (Å²) >= 11 is 0. The van der Waals surface area contributed by atoms with Gasteiger partial charge >= 0.3 is 0 Å². The molecule has 0 fully saturated rings. The fourth-order valence-electron chi connectivity index (χ4n) is 9.22. The number of anilines is 3. The van der Waals surface area contributed by atoms with Gasteiger partial charge in [0.25, 0.3) is 0 Å². The second-order valence-corrected chi connectivity index (χ2v) is 14.9. The first-order valence-electron chi connectivity index (χ1n) is 19.7. The predicted molar refractivity (Wildman–Crippen MR) is 243 cm³/mol. The number of hydrogen-bond donors (Lipinski definition) is 0. The molecule has 0 saturated heterocycles. The van der Waals surface area contributed by atoms with Crippen molar-refractivity contribution in [3.8, 4) is 27.9 Å². The van der Waals surface area contributed by atoms with E-state index < -0.39 is 0 Å². The molecule has 11 rings (SSSR count). The van der Waals surface area contributed by atoms with Crippen LogP contribution in [0.5, 0.6) is 0 Å². The average molecular weight is 730 g/mol. The number of fused-ring (bicyclic) bond motifs is 7. The molecule has 0 N–H and O–H groups in total. The molecule has 0 aliphatic heterocycles. The van der Waals surface area contributed by atoms with Gasteiger partial charge in [0.1, 0.15) is 0 Å². The molecule has 3 heteroatoms. The zero-order valence-electron chi connectivity index (χ0n) is 31.9. The minimum Gasteiger partial charge on any atom is -0.310 e. The van der Waals surface area contributed by atoms with E-state index in [2.05, 4.69) is 228 Å². The second kappa shape index (κ2) is 13.1. The first-order valence-corrected chi connectivity index (χ1v) is 19.7. The van der Waals surface area contributed by atoms with E-state index in [0.717, 1.165) is 22.7 Å². The summed E-state index contributed by atoms with van der Waals surface area (Å²) in [6.45, 7) is 4.35. The van der Waals surface area contributed by atoms with Gasteiger partial charge in [0.05, 0.1) is 27.8 Å². The van der Waals surface area contributed by atoms with Crippen LogP contribution in [0.2, 0.25) is 0 Å². The molecule has 270 valence electrons. The summed E-state index contributed by atoms with van der Waals surface area (Å²) in [5, 5.41) is 6.29. The summed E-state index contributed by atoms with van der Waals surface area (Å²) in [5.41, 5.74) is 16.6. The van der Waals surface area contributed by atoms with E-state index in [4.69, 9.17) is 0 Å². The van der Waals surface area contributed by atoms with Crippen LogP contribution in [0, 0.1) is 6.92 Å². The molecule has 0 atom stereocenters. The van der Waals surface area contributed by atoms with E-state index in [9.17, 15) is 0 Å². The molecule has 0 unspecified atom stereocenters.